The van der Waals surface area contributed by atoms with Crippen LogP contribution in [0.1, 0.15) is 6.92 Å². The summed E-state index contributed by atoms with van der Waals surface area (Å²) in [4.78, 5) is 11.9. The fraction of sp³-hybridized carbons (Fsp3) is 0.385. The number of carbonyl (C=O) groups is 1. The molecule has 0 bridgehead atoms. The zero-order valence-corrected chi connectivity index (χ0v) is 11.1. The number of rotatable bonds is 6. The van der Waals surface area contributed by atoms with E-state index in [1.807, 2.05) is 12.3 Å². The molecule has 0 saturated heterocycles. The van der Waals surface area contributed by atoms with Gasteiger partial charge in [-0.25, -0.2) is 0 Å². The van der Waals surface area contributed by atoms with Gasteiger partial charge < -0.3 is 9.84 Å². The summed E-state index contributed by atoms with van der Waals surface area (Å²) in [6, 6.07) is 8.11. The summed E-state index contributed by atoms with van der Waals surface area (Å²) in [6.07, 6.45) is 1.18. The van der Waals surface area contributed by atoms with Gasteiger partial charge in [0, 0.05) is 5.75 Å². The van der Waals surface area contributed by atoms with Crippen molar-refractivity contribution in [1.82, 2.24) is 0 Å². The number of phenolic OH excluding ortho intramolecular Hbond substituents is 1. The van der Waals surface area contributed by atoms with Crippen LogP contribution < -0.4 is 4.74 Å². The van der Waals surface area contributed by atoms with E-state index in [1.54, 1.807) is 19.1 Å². The molecule has 96 valence electrons. The molecule has 0 amide bonds. The molecule has 0 aliphatic carbocycles. The Morgan fingerprint density at radius 3 is 2.61 bits per heavy atom. The third-order valence-corrected chi connectivity index (χ3v) is 3.05. The van der Waals surface area contributed by atoms with Gasteiger partial charge >= 0.3 is 0 Å². The minimum absolute atomic E-state index is 0.138. The van der Waals surface area contributed by atoms with Gasteiger partial charge in [-0.05, 0) is 37.4 Å². The van der Waals surface area contributed by atoms with Gasteiger partial charge in [-0.2, -0.15) is 17.0 Å². The molecular formula is C13H15NO3S. The van der Waals surface area contributed by atoms with Crippen LogP contribution in [0.3, 0.4) is 0 Å². The summed E-state index contributed by atoms with van der Waals surface area (Å²) in [5.41, 5.74) is 0. The maximum Gasteiger partial charge on any atom is 0.190 e. The maximum absolute atomic E-state index is 11.9. The first kappa shape index (κ1) is 14.4. The Hall–Kier alpha value is -1.67. The van der Waals surface area contributed by atoms with Crippen LogP contribution in [0.25, 0.3) is 0 Å². The monoisotopic (exact) mass is 265 g/mol. The molecule has 0 aliphatic heterocycles. The van der Waals surface area contributed by atoms with E-state index in [2.05, 4.69) is 0 Å². The highest BCUT2D eigenvalue weighted by atomic mass is 32.2. The summed E-state index contributed by atoms with van der Waals surface area (Å²) in [7, 11) is 0. The normalized spacial score (nSPS) is 13.4. The SMILES string of the molecule is CSCC(C#N)C(=O)C(C)Oc1ccc(O)cc1. The Kier molecular flexibility index (Phi) is 5.53. The molecule has 1 rings (SSSR count). The summed E-state index contributed by atoms with van der Waals surface area (Å²) in [5.74, 6) is 0.235. The lowest BCUT2D eigenvalue weighted by Crippen LogP contribution is -2.31. The van der Waals surface area contributed by atoms with Crippen LogP contribution in [-0.4, -0.2) is 29.0 Å². The van der Waals surface area contributed by atoms with Crippen LogP contribution >= 0.6 is 11.8 Å². The molecule has 1 aromatic carbocycles. The molecule has 5 heteroatoms. The zero-order chi connectivity index (χ0) is 13.5. The number of hydrogen-bond donors (Lipinski definition) is 1. The van der Waals surface area contributed by atoms with Gasteiger partial charge in [0.05, 0.1) is 6.07 Å². The number of carbonyl (C=O) groups excluding carboxylic acids is 1. The molecule has 0 aromatic heterocycles. The van der Waals surface area contributed by atoms with Crippen molar-refractivity contribution < 1.29 is 14.6 Å². The Morgan fingerprint density at radius 1 is 1.50 bits per heavy atom. The molecule has 1 aromatic rings. The molecule has 2 unspecified atom stereocenters. The van der Waals surface area contributed by atoms with Gasteiger partial charge in [0.15, 0.2) is 11.9 Å². The molecular weight excluding hydrogens is 250 g/mol. The molecule has 4 nitrogen and oxygen atoms in total. The fourth-order valence-electron chi connectivity index (χ4n) is 1.42. The zero-order valence-electron chi connectivity index (χ0n) is 10.3. The van der Waals surface area contributed by atoms with Gasteiger partial charge in [0.1, 0.15) is 17.4 Å². The number of benzene rings is 1. The van der Waals surface area contributed by atoms with Crippen molar-refractivity contribution >= 4 is 17.5 Å². The average molecular weight is 265 g/mol. The first-order valence-corrected chi connectivity index (χ1v) is 6.85. The Bertz CT molecular complexity index is 439. The number of ketones is 1. The van der Waals surface area contributed by atoms with E-state index in [1.165, 1.54) is 23.9 Å². The molecule has 0 fully saturated rings. The van der Waals surface area contributed by atoms with Crippen molar-refractivity contribution in [1.29, 1.82) is 5.26 Å². The van der Waals surface area contributed by atoms with E-state index in [-0.39, 0.29) is 11.5 Å². The van der Waals surface area contributed by atoms with Crippen molar-refractivity contribution in [3.63, 3.8) is 0 Å². The number of hydrogen-bond acceptors (Lipinski definition) is 5. The number of phenols is 1. The molecule has 18 heavy (non-hydrogen) atoms. The first-order chi connectivity index (χ1) is 8.58. The summed E-state index contributed by atoms with van der Waals surface area (Å²) in [6.45, 7) is 1.62. The lowest BCUT2D eigenvalue weighted by molar-refractivity contribution is -0.126. The molecule has 2 atom stereocenters. The maximum atomic E-state index is 11.9. The van der Waals surface area contributed by atoms with Crippen molar-refractivity contribution in [2.45, 2.75) is 13.0 Å². The van der Waals surface area contributed by atoms with E-state index >= 15 is 0 Å². The molecule has 0 radical (unpaired) electrons. The number of ether oxygens (including phenoxy) is 1. The van der Waals surface area contributed by atoms with Gasteiger partial charge in [0.25, 0.3) is 0 Å². The highest BCUT2D eigenvalue weighted by molar-refractivity contribution is 7.98. The van der Waals surface area contributed by atoms with E-state index in [9.17, 15) is 4.79 Å². The Balaban J connectivity index is 2.64. The molecule has 0 spiro atoms. The van der Waals surface area contributed by atoms with Gasteiger partial charge in [-0.1, -0.05) is 0 Å². The standard InChI is InChI=1S/C13H15NO3S/c1-9(13(16)10(7-14)8-18-2)17-12-5-3-11(15)4-6-12/h3-6,9-10,15H,8H2,1-2H3. The van der Waals surface area contributed by atoms with Crippen LogP contribution in [0.2, 0.25) is 0 Å². The first-order valence-electron chi connectivity index (χ1n) is 5.46. The minimum Gasteiger partial charge on any atom is -0.508 e. The second-order valence-electron chi connectivity index (χ2n) is 3.79. The van der Waals surface area contributed by atoms with Crippen LogP contribution in [-0.2, 0) is 4.79 Å². The third kappa shape index (κ3) is 3.97. The van der Waals surface area contributed by atoms with Crippen molar-refractivity contribution in [2.75, 3.05) is 12.0 Å². The number of nitriles is 1. The number of nitrogens with zero attached hydrogens (tertiary/aromatic N) is 1. The summed E-state index contributed by atoms with van der Waals surface area (Å²) < 4.78 is 5.44. The summed E-state index contributed by atoms with van der Waals surface area (Å²) in [5, 5.41) is 18.0. The van der Waals surface area contributed by atoms with E-state index < -0.39 is 12.0 Å². The largest absolute Gasteiger partial charge is 0.508 e. The van der Waals surface area contributed by atoms with Crippen LogP contribution in [0, 0.1) is 17.2 Å². The van der Waals surface area contributed by atoms with E-state index in [0.29, 0.717) is 11.5 Å². The molecule has 0 saturated carbocycles. The van der Waals surface area contributed by atoms with Gasteiger partial charge in [0.2, 0.25) is 0 Å². The topological polar surface area (TPSA) is 70.3 Å². The van der Waals surface area contributed by atoms with E-state index in [0.717, 1.165) is 0 Å². The van der Waals surface area contributed by atoms with Gasteiger partial charge in [-0.15, -0.1) is 0 Å². The Labute approximate surface area is 111 Å². The van der Waals surface area contributed by atoms with Crippen molar-refractivity contribution in [3.05, 3.63) is 24.3 Å². The molecule has 0 aliphatic rings. The molecule has 1 N–H and O–H groups in total. The van der Waals surface area contributed by atoms with Crippen LogP contribution in [0.4, 0.5) is 0 Å². The van der Waals surface area contributed by atoms with E-state index in [4.69, 9.17) is 15.1 Å². The number of aromatic hydroxyl groups is 1. The highest BCUT2D eigenvalue weighted by Crippen LogP contribution is 2.18. The second-order valence-corrected chi connectivity index (χ2v) is 4.70. The third-order valence-electron chi connectivity index (χ3n) is 2.38. The van der Waals surface area contributed by atoms with Gasteiger partial charge in [-0.3, -0.25) is 4.79 Å². The second kappa shape index (κ2) is 6.92. The average Bonchev–Trinajstić information content (AvgIpc) is 2.37. The number of Topliss-reactive ketones (excluding diaryl/α,β-unsaturated/α-hetero) is 1. The quantitative estimate of drug-likeness (QED) is 0.854. The lowest BCUT2D eigenvalue weighted by Gasteiger charge is -2.16. The number of thioether (sulfide) groups is 1. The van der Waals surface area contributed by atoms with Crippen LogP contribution in [0.5, 0.6) is 11.5 Å². The smallest absolute Gasteiger partial charge is 0.190 e. The fourth-order valence-corrected chi connectivity index (χ4v) is 1.99. The lowest BCUT2D eigenvalue weighted by atomic mass is 10.0. The van der Waals surface area contributed by atoms with Crippen LogP contribution in [0.15, 0.2) is 24.3 Å². The predicted molar refractivity (Wildman–Crippen MR) is 70.7 cm³/mol. The highest BCUT2D eigenvalue weighted by Gasteiger charge is 2.24. The summed E-state index contributed by atoms with van der Waals surface area (Å²) >= 11 is 1.46. The predicted octanol–water partition coefficient (Wildman–Crippen LogP) is 2.23. The van der Waals surface area contributed by atoms with Crippen molar-refractivity contribution in [3.8, 4) is 17.6 Å². The Morgan fingerprint density at radius 2 is 2.11 bits per heavy atom. The molecule has 0 heterocycles. The minimum atomic E-state index is -0.675. The van der Waals surface area contributed by atoms with Crippen molar-refractivity contribution in [2.24, 2.45) is 5.92 Å².